The number of aromatic nitrogens is 3. The topological polar surface area (TPSA) is 64.2 Å². The lowest BCUT2D eigenvalue weighted by molar-refractivity contribution is -0.132. The highest BCUT2D eigenvalue weighted by molar-refractivity contribution is 5.77. The van der Waals surface area contributed by atoms with Gasteiger partial charge < -0.3 is 9.42 Å². The van der Waals surface area contributed by atoms with Gasteiger partial charge in [-0.15, -0.1) is 0 Å². The van der Waals surface area contributed by atoms with Gasteiger partial charge in [-0.3, -0.25) is 9.48 Å². The molecule has 0 bridgehead atoms. The molecule has 0 aromatic carbocycles. The Balaban J connectivity index is 1.62. The fourth-order valence-electron chi connectivity index (χ4n) is 3.65. The highest BCUT2D eigenvalue weighted by Crippen LogP contribution is 2.22. The summed E-state index contributed by atoms with van der Waals surface area (Å²) in [5, 5.41) is 8.50. The summed E-state index contributed by atoms with van der Waals surface area (Å²) in [5.41, 5.74) is 4.14. The summed E-state index contributed by atoms with van der Waals surface area (Å²) in [6.45, 7) is 9.55. The van der Waals surface area contributed by atoms with Crippen molar-refractivity contribution in [1.29, 1.82) is 0 Å². The maximum atomic E-state index is 12.7. The van der Waals surface area contributed by atoms with Gasteiger partial charge in [0.25, 0.3) is 0 Å². The molecular weight excluding hydrogens is 304 g/mol. The molecule has 130 valence electrons. The Bertz CT molecular complexity index is 712. The number of nitrogens with zero attached hydrogens (tertiary/aromatic N) is 4. The number of rotatable bonds is 5. The van der Waals surface area contributed by atoms with Crippen LogP contribution in [-0.2, 0) is 17.8 Å². The Morgan fingerprint density at radius 3 is 2.75 bits per heavy atom. The summed E-state index contributed by atoms with van der Waals surface area (Å²) >= 11 is 0. The summed E-state index contributed by atoms with van der Waals surface area (Å²) in [7, 11) is 0. The standard InChI is InChI=1S/C18H26N4O2/c1-12-10-13(2)22(19-12)11-16-6-5-9-21(16)18(23)8-7-17-14(3)20-24-15(17)4/h10,16H,5-9,11H2,1-4H3. The molecule has 6 nitrogen and oxygen atoms in total. The molecule has 1 aliphatic heterocycles. The van der Waals surface area contributed by atoms with Gasteiger partial charge in [0.2, 0.25) is 5.91 Å². The number of hydrogen-bond acceptors (Lipinski definition) is 4. The van der Waals surface area contributed by atoms with Crippen LogP contribution in [0.3, 0.4) is 0 Å². The van der Waals surface area contributed by atoms with Crippen molar-refractivity contribution in [3.63, 3.8) is 0 Å². The molecule has 0 N–H and O–H groups in total. The number of carbonyl (C=O) groups is 1. The second kappa shape index (κ2) is 6.79. The molecule has 2 aromatic heterocycles. The van der Waals surface area contributed by atoms with Crippen molar-refractivity contribution in [2.24, 2.45) is 0 Å². The van der Waals surface area contributed by atoms with E-state index in [1.807, 2.05) is 30.4 Å². The van der Waals surface area contributed by atoms with Gasteiger partial charge in [-0.05, 0) is 53.0 Å². The van der Waals surface area contributed by atoms with Crippen LogP contribution in [0.5, 0.6) is 0 Å². The van der Waals surface area contributed by atoms with Gasteiger partial charge in [0.1, 0.15) is 5.76 Å². The Morgan fingerprint density at radius 2 is 2.12 bits per heavy atom. The molecule has 24 heavy (non-hydrogen) atoms. The van der Waals surface area contributed by atoms with E-state index >= 15 is 0 Å². The molecule has 1 unspecified atom stereocenters. The van der Waals surface area contributed by atoms with E-state index in [9.17, 15) is 4.79 Å². The minimum Gasteiger partial charge on any atom is -0.361 e. The van der Waals surface area contributed by atoms with Crippen LogP contribution in [-0.4, -0.2) is 38.3 Å². The average molecular weight is 330 g/mol. The van der Waals surface area contributed by atoms with Crippen LogP contribution < -0.4 is 0 Å². The zero-order chi connectivity index (χ0) is 17.3. The SMILES string of the molecule is Cc1cc(C)n(CC2CCCN2C(=O)CCc2c(C)noc2C)n1. The van der Waals surface area contributed by atoms with Crippen molar-refractivity contribution in [3.8, 4) is 0 Å². The highest BCUT2D eigenvalue weighted by atomic mass is 16.5. The third kappa shape index (κ3) is 3.37. The Hall–Kier alpha value is -2.11. The van der Waals surface area contributed by atoms with E-state index in [4.69, 9.17) is 4.52 Å². The first-order valence-electron chi connectivity index (χ1n) is 8.68. The van der Waals surface area contributed by atoms with Gasteiger partial charge in [0.05, 0.1) is 24.0 Å². The third-order valence-electron chi connectivity index (χ3n) is 4.95. The van der Waals surface area contributed by atoms with Crippen LogP contribution in [0.1, 0.15) is 47.7 Å². The van der Waals surface area contributed by atoms with Gasteiger partial charge in [-0.2, -0.15) is 5.10 Å². The second-order valence-corrected chi connectivity index (χ2v) is 6.80. The monoisotopic (exact) mass is 330 g/mol. The fourth-order valence-corrected chi connectivity index (χ4v) is 3.65. The second-order valence-electron chi connectivity index (χ2n) is 6.80. The molecule has 6 heteroatoms. The van der Waals surface area contributed by atoms with E-state index in [1.165, 1.54) is 0 Å². The summed E-state index contributed by atoms with van der Waals surface area (Å²) in [4.78, 5) is 14.7. The van der Waals surface area contributed by atoms with Crippen LogP contribution in [0, 0.1) is 27.7 Å². The van der Waals surface area contributed by atoms with Gasteiger partial charge in [0, 0.05) is 24.2 Å². The number of carbonyl (C=O) groups excluding carboxylic acids is 1. The van der Waals surface area contributed by atoms with E-state index in [1.54, 1.807) is 0 Å². The van der Waals surface area contributed by atoms with Crippen molar-refractivity contribution < 1.29 is 9.32 Å². The van der Waals surface area contributed by atoms with Crippen LogP contribution in [0.25, 0.3) is 0 Å². The van der Waals surface area contributed by atoms with Gasteiger partial charge >= 0.3 is 0 Å². The quantitative estimate of drug-likeness (QED) is 0.845. The van der Waals surface area contributed by atoms with Gasteiger partial charge in [-0.1, -0.05) is 5.16 Å². The van der Waals surface area contributed by atoms with E-state index in [0.717, 1.165) is 54.3 Å². The Labute approximate surface area is 142 Å². The lowest BCUT2D eigenvalue weighted by Gasteiger charge is -2.25. The van der Waals surface area contributed by atoms with Crippen molar-refractivity contribution >= 4 is 5.91 Å². The summed E-state index contributed by atoms with van der Waals surface area (Å²) in [5.74, 6) is 1.04. The first-order chi connectivity index (χ1) is 11.5. The smallest absolute Gasteiger partial charge is 0.223 e. The molecule has 0 aliphatic carbocycles. The molecule has 1 atom stereocenters. The van der Waals surface area contributed by atoms with Crippen LogP contribution >= 0.6 is 0 Å². The van der Waals surface area contributed by atoms with Crippen LogP contribution in [0.4, 0.5) is 0 Å². The molecule has 3 heterocycles. The lowest BCUT2D eigenvalue weighted by Crippen LogP contribution is -2.38. The molecule has 0 saturated carbocycles. The van der Waals surface area contributed by atoms with Crippen LogP contribution in [0.15, 0.2) is 10.6 Å². The molecule has 2 aromatic rings. The summed E-state index contributed by atoms with van der Waals surface area (Å²) in [6, 6.07) is 2.33. The normalized spacial score (nSPS) is 17.7. The molecule has 0 radical (unpaired) electrons. The maximum Gasteiger partial charge on any atom is 0.223 e. The largest absolute Gasteiger partial charge is 0.361 e. The maximum absolute atomic E-state index is 12.7. The molecule has 0 spiro atoms. The summed E-state index contributed by atoms with van der Waals surface area (Å²) in [6.07, 6.45) is 3.33. The van der Waals surface area contributed by atoms with Gasteiger partial charge in [0.15, 0.2) is 0 Å². The number of likely N-dealkylation sites (tertiary alicyclic amines) is 1. The van der Waals surface area contributed by atoms with Gasteiger partial charge in [-0.25, -0.2) is 0 Å². The predicted octanol–water partition coefficient (Wildman–Crippen LogP) is 2.73. The van der Waals surface area contributed by atoms with Crippen molar-refractivity contribution in [3.05, 3.63) is 34.5 Å². The first kappa shape index (κ1) is 16.7. The minimum absolute atomic E-state index is 0.221. The molecule has 1 aliphatic rings. The average Bonchev–Trinajstić information content (AvgIpc) is 3.20. The number of aryl methyl sites for hydroxylation is 4. The highest BCUT2D eigenvalue weighted by Gasteiger charge is 2.29. The molecule has 1 saturated heterocycles. The molecule has 3 rings (SSSR count). The first-order valence-corrected chi connectivity index (χ1v) is 8.68. The zero-order valence-electron chi connectivity index (χ0n) is 15.0. The van der Waals surface area contributed by atoms with E-state index in [0.29, 0.717) is 12.8 Å². The molecular formula is C18H26N4O2. The predicted molar refractivity (Wildman–Crippen MR) is 90.7 cm³/mol. The van der Waals surface area contributed by atoms with Crippen molar-refractivity contribution in [1.82, 2.24) is 19.8 Å². The van der Waals surface area contributed by atoms with E-state index < -0.39 is 0 Å². The molecule has 1 amide bonds. The van der Waals surface area contributed by atoms with E-state index in [-0.39, 0.29) is 11.9 Å². The lowest BCUT2D eigenvalue weighted by atomic mass is 10.1. The fraction of sp³-hybridized carbons (Fsp3) is 0.611. The van der Waals surface area contributed by atoms with Crippen LogP contribution in [0.2, 0.25) is 0 Å². The zero-order valence-corrected chi connectivity index (χ0v) is 15.0. The van der Waals surface area contributed by atoms with Crippen molar-refractivity contribution in [2.75, 3.05) is 6.54 Å². The molecule has 1 fully saturated rings. The number of hydrogen-bond donors (Lipinski definition) is 0. The van der Waals surface area contributed by atoms with E-state index in [2.05, 4.69) is 23.2 Å². The third-order valence-corrected chi connectivity index (χ3v) is 4.95. The number of amides is 1. The Morgan fingerprint density at radius 1 is 1.33 bits per heavy atom. The minimum atomic E-state index is 0.221. The van der Waals surface area contributed by atoms with Crippen molar-refractivity contribution in [2.45, 2.75) is 66.0 Å². The summed E-state index contributed by atoms with van der Waals surface area (Å²) < 4.78 is 7.21. The Kier molecular flexibility index (Phi) is 4.73.